The quantitative estimate of drug-likeness (QED) is 0.691. The van der Waals surface area contributed by atoms with Gasteiger partial charge in [0.15, 0.2) is 5.13 Å². The molecule has 0 aliphatic carbocycles. The smallest absolute Gasteiger partial charge is 0.226 e. The fourth-order valence-corrected chi connectivity index (χ4v) is 2.83. The van der Waals surface area contributed by atoms with Crippen LogP contribution in [0.4, 0.5) is 10.9 Å². The number of thiazole rings is 1. The molecule has 3 heterocycles. The second kappa shape index (κ2) is 8.16. The fourth-order valence-electron chi connectivity index (χ4n) is 2.11. The molecule has 2 N–H and O–H groups in total. The van der Waals surface area contributed by atoms with Crippen LogP contribution in [0.1, 0.15) is 11.3 Å². The number of pyridine rings is 2. The van der Waals surface area contributed by atoms with E-state index >= 15 is 0 Å². The van der Waals surface area contributed by atoms with Crippen molar-refractivity contribution in [2.24, 2.45) is 0 Å². The summed E-state index contributed by atoms with van der Waals surface area (Å²) < 4.78 is 0. The lowest BCUT2D eigenvalue weighted by Crippen LogP contribution is -2.27. The summed E-state index contributed by atoms with van der Waals surface area (Å²) in [4.78, 5) is 24.5. The van der Waals surface area contributed by atoms with Crippen LogP contribution in [0.2, 0.25) is 0 Å². The highest BCUT2D eigenvalue weighted by atomic mass is 32.1. The lowest BCUT2D eigenvalue weighted by Gasteiger charge is -2.04. The molecule has 1 amide bonds. The van der Waals surface area contributed by atoms with Crippen LogP contribution in [-0.2, 0) is 17.6 Å². The first kappa shape index (κ1) is 16.1. The molecular weight excluding hydrogens is 322 g/mol. The Kier molecular flexibility index (Phi) is 5.47. The Bertz CT molecular complexity index is 776. The van der Waals surface area contributed by atoms with Gasteiger partial charge in [-0.1, -0.05) is 6.07 Å². The maximum Gasteiger partial charge on any atom is 0.226 e. The van der Waals surface area contributed by atoms with E-state index in [-0.39, 0.29) is 12.3 Å². The summed E-state index contributed by atoms with van der Waals surface area (Å²) in [5.41, 5.74) is 1.90. The molecule has 6 nitrogen and oxygen atoms in total. The van der Waals surface area contributed by atoms with Crippen molar-refractivity contribution in [3.05, 3.63) is 65.6 Å². The Morgan fingerprint density at radius 1 is 1.12 bits per heavy atom. The minimum atomic E-state index is -0.0289. The highest BCUT2D eigenvalue weighted by Gasteiger charge is 2.08. The number of anilines is 2. The van der Waals surface area contributed by atoms with E-state index in [2.05, 4.69) is 25.6 Å². The van der Waals surface area contributed by atoms with Gasteiger partial charge < -0.3 is 10.6 Å². The summed E-state index contributed by atoms with van der Waals surface area (Å²) in [6.45, 7) is 0.603. The van der Waals surface area contributed by atoms with Gasteiger partial charge in [-0.05, 0) is 36.2 Å². The van der Waals surface area contributed by atoms with Gasteiger partial charge in [-0.2, -0.15) is 0 Å². The Morgan fingerprint density at radius 2 is 2.00 bits per heavy atom. The second-order valence-electron chi connectivity index (χ2n) is 5.12. The number of nitrogens with zero attached hydrogens (tertiary/aromatic N) is 3. The maximum atomic E-state index is 12.0. The van der Waals surface area contributed by atoms with E-state index in [1.165, 1.54) is 11.3 Å². The van der Waals surface area contributed by atoms with Crippen LogP contribution < -0.4 is 10.6 Å². The largest absolute Gasteiger partial charge is 0.355 e. The number of hydrogen-bond donors (Lipinski definition) is 2. The molecule has 3 aromatic heterocycles. The molecule has 0 atom stereocenters. The second-order valence-corrected chi connectivity index (χ2v) is 5.97. The predicted molar refractivity (Wildman–Crippen MR) is 94.3 cm³/mol. The molecule has 0 bridgehead atoms. The van der Waals surface area contributed by atoms with Gasteiger partial charge in [0.2, 0.25) is 5.91 Å². The molecule has 0 saturated carbocycles. The summed E-state index contributed by atoms with van der Waals surface area (Å²) in [5, 5.41) is 8.64. The zero-order valence-corrected chi connectivity index (χ0v) is 13.8. The average Bonchev–Trinajstić information content (AvgIpc) is 3.03. The topological polar surface area (TPSA) is 79.8 Å². The van der Waals surface area contributed by atoms with Gasteiger partial charge in [0, 0.05) is 30.5 Å². The monoisotopic (exact) mass is 339 g/mol. The Labute approximate surface area is 144 Å². The highest BCUT2D eigenvalue weighted by Crippen LogP contribution is 2.19. The number of carbonyl (C=O) groups is 1. The number of rotatable bonds is 7. The minimum absolute atomic E-state index is 0.0289. The zero-order chi connectivity index (χ0) is 16.6. The van der Waals surface area contributed by atoms with Crippen LogP contribution in [0.5, 0.6) is 0 Å². The van der Waals surface area contributed by atoms with Gasteiger partial charge >= 0.3 is 0 Å². The van der Waals surface area contributed by atoms with Crippen LogP contribution in [-0.4, -0.2) is 27.4 Å². The number of aromatic nitrogens is 3. The van der Waals surface area contributed by atoms with E-state index in [0.717, 1.165) is 28.6 Å². The maximum absolute atomic E-state index is 12.0. The molecule has 0 saturated heterocycles. The van der Waals surface area contributed by atoms with Crippen molar-refractivity contribution in [1.29, 1.82) is 0 Å². The number of hydrogen-bond acceptors (Lipinski definition) is 6. The summed E-state index contributed by atoms with van der Waals surface area (Å²) in [6.07, 6.45) is 6.28. The van der Waals surface area contributed by atoms with Crippen molar-refractivity contribution < 1.29 is 4.79 Å². The third-order valence-electron chi connectivity index (χ3n) is 3.28. The van der Waals surface area contributed by atoms with E-state index in [9.17, 15) is 4.79 Å². The normalized spacial score (nSPS) is 10.3. The molecule has 0 aromatic carbocycles. The summed E-state index contributed by atoms with van der Waals surface area (Å²) in [7, 11) is 0. The van der Waals surface area contributed by atoms with Crippen molar-refractivity contribution in [1.82, 2.24) is 20.3 Å². The number of carbonyl (C=O) groups excluding carboxylic acids is 1. The van der Waals surface area contributed by atoms with Crippen LogP contribution >= 0.6 is 11.3 Å². The van der Waals surface area contributed by atoms with Crippen molar-refractivity contribution >= 4 is 28.2 Å². The van der Waals surface area contributed by atoms with E-state index in [1.54, 1.807) is 18.6 Å². The van der Waals surface area contributed by atoms with Crippen LogP contribution in [0.15, 0.2) is 54.3 Å². The van der Waals surface area contributed by atoms with Gasteiger partial charge in [0.25, 0.3) is 0 Å². The van der Waals surface area contributed by atoms with E-state index in [1.807, 2.05) is 35.7 Å². The van der Waals surface area contributed by atoms with Gasteiger partial charge in [-0.15, -0.1) is 11.3 Å². The van der Waals surface area contributed by atoms with Crippen molar-refractivity contribution in [3.8, 4) is 0 Å². The summed E-state index contributed by atoms with van der Waals surface area (Å²) in [6, 6.07) is 9.52. The standard InChI is InChI=1S/C17H17N5OS/c23-16(20-10-6-13-4-8-18-9-5-13)11-14-12-24-17(21-14)22-15-3-1-2-7-19-15/h1-5,7-9,12H,6,10-11H2,(H,20,23)(H,19,21,22). The first-order valence-electron chi connectivity index (χ1n) is 7.57. The molecule has 24 heavy (non-hydrogen) atoms. The van der Waals surface area contributed by atoms with Gasteiger partial charge in [-0.3, -0.25) is 9.78 Å². The Morgan fingerprint density at radius 3 is 2.79 bits per heavy atom. The van der Waals surface area contributed by atoms with Crippen LogP contribution in [0.25, 0.3) is 0 Å². The lowest BCUT2D eigenvalue weighted by molar-refractivity contribution is -0.120. The molecule has 3 rings (SSSR count). The van der Waals surface area contributed by atoms with Crippen LogP contribution in [0, 0.1) is 0 Å². The molecule has 0 fully saturated rings. The molecule has 7 heteroatoms. The summed E-state index contributed by atoms with van der Waals surface area (Å²) in [5.74, 6) is 0.707. The first-order chi connectivity index (χ1) is 11.8. The van der Waals surface area contributed by atoms with E-state index in [0.29, 0.717) is 6.54 Å². The highest BCUT2D eigenvalue weighted by molar-refractivity contribution is 7.13. The van der Waals surface area contributed by atoms with Crippen LogP contribution in [0.3, 0.4) is 0 Å². The molecule has 0 unspecified atom stereocenters. The zero-order valence-electron chi connectivity index (χ0n) is 13.0. The number of nitrogens with one attached hydrogen (secondary N) is 2. The average molecular weight is 339 g/mol. The molecule has 3 aromatic rings. The Balaban J connectivity index is 1.45. The van der Waals surface area contributed by atoms with E-state index < -0.39 is 0 Å². The molecular formula is C17H17N5OS. The van der Waals surface area contributed by atoms with Gasteiger partial charge in [0.1, 0.15) is 5.82 Å². The fraction of sp³-hybridized carbons (Fsp3) is 0.176. The van der Waals surface area contributed by atoms with Crippen molar-refractivity contribution in [2.75, 3.05) is 11.9 Å². The third kappa shape index (κ3) is 4.85. The van der Waals surface area contributed by atoms with Crippen molar-refractivity contribution in [2.45, 2.75) is 12.8 Å². The van der Waals surface area contributed by atoms with E-state index in [4.69, 9.17) is 0 Å². The molecule has 0 aliphatic heterocycles. The third-order valence-corrected chi connectivity index (χ3v) is 4.09. The molecule has 0 radical (unpaired) electrons. The molecule has 0 spiro atoms. The molecule has 0 aliphatic rings. The predicted octanol–water partition coefficient (Wildman–Crippen LogP) is 2.58. The van der Waals surface area contributed by atoms with Crippen molar-refractivity contribution in [3.63, 3.8) is 0 Å². The summed E-state index contributed by atoms with van der Waals surface area (Å²) >= 11 is 1.46. The van der Waals surface area contributed by atoms with Gasteiger partial charge in [-0.25, -0.2) is 9.97 Å². The minimum Gasteiger partial charge on any atom is -0.355 e. The van der Waals surface area contributed by atoms with Gasteiger partial charge in [0.05, 0.1) is 12.1 Å². The Hall–Kier alpha value is -2.80. The lowest BCUT2D eigenvalue weighted by atomic mass is 10.2. The number of amides is 1. The molecule has 122 valence electrons. The first-order valence-corrected chi connectivity index (χ1v) is 8.45. The SMILES string of the molecule is O=C(Cc1csc(Nc2ccccn2)n1)NCCc1ccncc1.